The predicted octanol–water partition coefficient (Wildman–Crippen LogP) is 4.52. The second kappa shape index (κ2) is 8.90. The average molecular weight is 436 g/mol. The van der Waals surface area contributed by atoms with E-state index in [0.717, 1.165) is 43.4 Å². The molecule has 0 bridgehead atoms. The first-order valence-corrected chi connectivity index (χ1v) is 11.3. The first-order chi connectivity index (χ1) is 15.2. The van der Waals surface area contributed by atoms with E-state index in [1.165, 1.54) is 11.1 Å². The third-order valence-electron chi connectivity index (χ3n) is 5.62. The van der Waals surface area contributed by atoms with Crippen molar-refractivity contribution in [3.05, 3.63) is 54.1 Å². The molecule has 170 valence electrons. The topological polar surface area (TPSA) is 65.2 Å². The van der Waals surface area contributed by atoms with Gasteiger partial charge in [0.1, 0.15) is 11.2 Å². The van der Waals surface area contributed by atoms with Gasteiger partial charge in [-0.3, -0.25) is 9.58 Å². The van der Waals surface area contributed by atoms with Gasteiger partial charge in [0.15, 0.2) is 0 Å². The van der Waals surface area contributed by atoms with E-state index in [9.17, 15) is 4.79 Å². The lowest BCUT2D eigenvalue weighted by Gasteiger charge is -2.30. The highest BCUT2D eigenvalue weighted by Gasteiger charge is 2.25. The summed E-state index contributed by atoms with van der Waals surface area (Å²) in [6, 6.07) is 3.95. The lowest BCUT2D eigenvalue weighted by molar-refractivity contribution is 0.0543. The van der Waals surface area contributed by atoms with Crippen molar-refractivity contribution in [1.82, 2.24) is 24.2 Å². The van der Waals surface area contributed by atoms with Crippen molar-refractivity contribution < 1.29 is 9.53 Å². The predicted molar refractivity (Wildman–Crippen MR) is 126 cm³/mol. The minimum atomic E-state index is -0.563. The molecule has 1 aliphatic rings. The van der Waals surface area contributed by atoms with Crippen LogP contribution in [0.4, 0.5) is 4.79 Å². The normalized spacial score (nSPS) is 17.5. The quantitative estimate of drug-likeness (QED) is 0.589. The number of hydrogen-bond donors (Lipinski definition) is 0. The van der Waals surface area contributed by atoms with Gasteiger partial charge in [0.2, 0.25) is 0 Å². The molecule has 0 saturated heterocycles. The van der Waals surface area contributed by atoms with Crippen LogP contribution in [0.25, 0.3) is 16.6 Å². The van der Waals surface area contributed by atoms with Gasteiger partial charge < -0.3 is 4.74 Å². The van der Waals surface area contributed by atoms with Crippen molar-refractivity contribution in [2.45, 2.75) is 46.1 Å². The Labute approximate surface area is 189 Å². The van der Waals surface area contributed by atoms with Crippen LogP contribution in [0.3, 0.4) is 0 Å². The van der Waals surface area contributed by atoms with E-state index < -0.39 is 11.7 Å². The number of carbonyl (C=O) groups is 1. The molecule has 0 amide bonds. The molecule has 7 nitrogen and oxygen atoms in total. The van der Waals surface area contributed by atoms with Crippen LogP contribution in [-0.2, 0) is 18.2 Å². The molecule has 4 rings (SSSR count). The van der Waals surface area contributed by atoms with Gasteiger partial charge in [0.05, 0.1) is 6.20 Å². The van der Waals surface area contributed by atoms with Crippen LogP contribution in [0, 0.1) is 5.92 Å². The standard InChI is InChI=1S/C25H33N5O2/c1-18-12-20(16-29(14-18)11-7-8-19-13-27-28(5)15-19)22-17-30(24(31)32-25(2,3)4)23-21(22)9-6-10-26-23/h6,9-10,12-13,15,17-18H,7-8,11,14,16H2,1-5H3. The summed E-state index contributed by atoms with van der Waals surface area (Å²) in [5.41, 5.74) is 3.65. The molecule has 0 aromatic carbocycles. The third kappa shape index (κ3) is 5.10. The summed E-state index contributed by atoms with van der Waals surface area (Å²) in [7, 11) is 1.95. The minimum Gasteiger partial charge on any atom is -0.443 e. The van der Waals surface area contributed by atoms with Crippen LogP contribution < -0.4 is 0 Å². The van der Waals surface area contributed by atoms with Crippen LogP contribution in [0.1, 0.15) is 45.2 Å². The van der Waals surface area contributed by atoms with Crippen LogP contribution in [0.2, 0.25) is 0 Å². The Hall–Kier alpha value is -2.93. The molecule has 32 heavy (non-hydrogen) atoms. The van der Waals surface area contributed by atoms with Crippen molar-refractivity contribution in [2.75, 3.05) is 19.6 Å². The number of aromatic nitrogens is 4. The van der Waals surface area contributed by atoms with Crippen molar-refractivity contribution in [3.8, 4) is 0 Å². The van der Waals surface area contributed by atoms with Crippen molar-refractivity contribution in [3.63, 3.8) is 0 Å². The summed E-state index contributed by atoms with van der Waals surface area (Å²) >= 11 is 0. The highest BCUT2D eigenvalue weighted by Crippen LogP contribution is 2.31. The van der Waals surface area contributed by atoms with E-state index in [-0.39, 0.29) is 0 Å². The van der Waals surface area contributed by atoms with Gasteiger partial charge in [0, 0.05) is 49.7 Å². The zero-order chi connectivity index (χ0) is 22.9. The molecule has 0 spiro atoms. The van der Waals surface area contributed by atoms with Gasteiger partial charge >= 0.3 is 6.09 Å². The maximum Gasteiger partial charge on any atom is 0.420 e. The number of carbonyl (C=O) groups excluding carboxylic acids is 1. The molecule has 1 atom stereocenters. The molecule has 0 N–H and O–H groups in total. The number of pyridine rings is 1. The number of ether oxygens (including phenoxy) is 1. The first-order valence-electron chi connectivity index (χ1n) is 11.3. The van der Waals surface area contributed by atoms with E-state index in [0.29, 0.717) is 11.6 Å². The first kappa shape index (κ1) is 22.3. The molecular formula is C25H33N5O2. The summed E-state index contributed by atoms with van der Waals surface area (Å²) in [5.74, 6) is 0.439. The Morgan fingerprint density at radius 2 is 2.09 bits per heavy atom. The van der Waals surface area contributed by atoms with Crippen molar-refractivity contribution in [2.24, 2.45) is 13.0 Å². The highest BCUT2D eigenvalue weighted by atomic mass is 16.6. The van der Waals surface area contributed by atoms with E-state index in [4.69, 9.17) is 4.74 Å². The summed E-state index contributed by atoms with van der Waals surface area (Å²) in [6.07, 6.45) is 11.7. The zero-order valence-electron chi connectivity index (χ0n) is 19.7. The summed E-state index contributed by atoms with van der Waals surface area (Å²) in [6.45, 7) is 10.8. The van der Waals surface area contributed by atoms with E-state index in [1.807, 2.05) is 57.0 Å². The molecule has 4 heterocycles. The Kier molecular flexibility index (Phi) is 6.20. The van der Waals surface area contributed by atoms with E-state index in [2.05, 4.69) is 34.2 Å². The molecule has 1 unspecified atom stereocenters. The largest absolute Gasteiger partial charge is 0.443 e. The van der Waals surface area contributed by atoms with Crippen LogP contribution in [-0.4, -0.2) is 55.6 Å². The molecule has 0 radical (unpaired) electrons. The van der Waals surface area contributed by atoms with E-state index >= 15 is 0 Å². The molecule has 7 heteroatoms. The molecular weight excluding hydrogens is 402 g/mol. The molecule has 3 aromatic heterocycles. The van der Waals surface area contributed by atoms with Gasteiger partial charge in [0.25, 0.3) is 0 Å². The number of hydrogen-bond acceptors (Lipinski definition) is 5. The lowest BCUT2D eigenvalue weighted by atomic mass is 9.96. The summed E-state index contributed by atoms with van der Waals surface area (Å²) in [4.78, 5) is 19.8. The van der Waals surface area contributed by atoms with Crippen molar-refractivity contribution >= 4 is 22.7 Å². The molecule has 0 aliphatic carbocycles. The Morgan fingerprint density at radius 1 is 1.28 bits per heavy atom. The lowest BCUT2D eigenvalue weighted by Crippen LogP contribution is -2.34. The molecule has 3 aromatic rings. The second-order valence-electron chi connectivity index (χ2n) is 9.80. The highest BCUT2D eigenvalue weighted by molar-refractivity contribution is 5.96. The van der Waals surface area contributed by atoms with Crippen LogP contribution in [0.15, 0.2) is 43.0 Å². The van der Waals surface area contributed by atoms with E-state index in [1.54, 1.807) is 10.8 Å². The Bertz CT molecular complexity index is 1130. The average Bonchev–Trinajstić information content (AvgIpc) is 3.30. The number of fused-ring (bicyclic) bond motifs is 1. The Morgan fingerprint density at radius 3 is 2.81 bits per heavy atom. The minimum absolute atomic E-state index is 0.398. The number of aryl methyl sites for hydroxylation is 2. The molecule has 0 fully saturated rings. The van der Waals surface area contributed by atoms with Gasteiger partial charge in [-0.15, -0.1) is 0 Å². The fourth-order valence-corrected chi connectivity index (χ4v) is 4.38. The second-order valence-corrected chi connectivity index (χ2v) is 9.80. The monoisotopic (exact) mass is 435 g/mol. The maximum atomic E-state index is 12.8. The fraction of sp³-hybridized carbons (Fsp3) is 0.480. The van der Waals surface area contributed by atoms with Gasteiger partial charge in [-0.1, -0.05) is 13.0 Å². The smallest absolute Gasteiger partial charge is 0.420 e. The van der Waals surface area contributed by atoms with Crippen molar-refractivity contribution in [1.29, 1.82) is 0 Å². The number of nitrogens with zero attached hydrogens (tertiary/aromatic N) is 5. The summed E-state index contributed by atoms with van der Waals surface area (Å²) < 4.78 is 9.02. The summed E-state index contributed by atoms with van der Waals surface area (Å²) in [5, 5.41) is 5.24. The fourth-order valence-electron chi connectivity index (χ4n) is 4.38. The van der Waals surface area contributed by atoms with Gasteiger partial charge in [-0.25, -0.2) is 14.3 Å². The van der Waals surface area contributed by atoms with Gasteiger partial charge in [-0.2, -0.15) is 5.10 Å². The molecule has 0 saturated carbocycles. The third-order valence-corrected chi connectivity index (χ3v) is 5.62. The van der Waals surface area contributed by atoms with Crippen LogP contribution >= 0.6 is 0 Å². The molecule has 1 aliphatic heterocycles. The SMILES string of the molecule is CC1C=C(c2cn(C(=O)OC(C)(C)C)c3ncccc23)CN(CCCc2cnn(C)c2)C1. The van der Waals surface area contributed by atoms with Crippen LogP contribution in [0.5, 0.6) is 0 Å². The Balaban J connectivity index is 1.54. The number of rotatable bonds is 5. The maximum absolute atomic E-state index is 12.8. The van der Waals surface area contributed by atoms with Gasteiger partial charge in [-0.05, 0) is 69.3 Å². The zero-order valence-corrected chi connectivity index (χ0v) is 19.7.